The van der Waals surface area contributed by atoms with E-state index < -0.39 is 37.4 Å². The number of rotatable bonds is 5. The second-order valence-electron chi connectivity index (χ2n) is 3.15. The number of alkyl halides is 3. The number of carboxylic acids is 1. The largest absolute Gasteiger partial charge is 0.480 e. The maximum atomic E-state index is 12.0. The molecule has 0 rings (SSSR count). The fraction of sp³-hybridized carbons (Fsp3) is 0.750. The topological polar surface area (TPSA) is 89.9 Å². The average Bonchev–Trinajstić information content (AvgIpc) is 2.20. The molecule has 0 aromatic heterocycles. The number of carbonyl (C=O) groups is 2. The molecule has 0 radical (unpaired) electrons. The van der Waals surface area contributed by atoms with Gasteiger partial charge < -0.3 is 20.4 Å². The predicted molar refractivity (Wildman–Crippen MR) is 50.3 cm³/mol. The zero-order valence-electron chi connectivity index (χ0n) is 8.99. The molecule has 0 heterocycles. The fourth-order valence-corrected chi connectivity index (χ4v) is 0.969. The van der Waals surface area contributed by atoms with Crippen LogP contribution in [0.15, 0.2) is 0 Å². The van der Waals surface area contributed by atoms with E-state index in [2.05, 4.69) is 0 Å². The zero-order chi connectivity index (χ0) is 13.6. The molecule has 3 N–H and O–H groups in total. The van der Waals surface area contributed by atoms with Gasteiger partial charge in [0.2, 0.25) is 0 Å². The van der Waals surface area contributed by atoms with E-state index >= 15 is 0 Å². The Morgan fingerprint density at radius 3 is 2.24 bits per heavy atom. The summed E-state index contributed by atoms with van der Waals surface area (Å²) in [5.74, 6) is -1.52. The molecular formula is C8H13F3N2O4. The zero-order valence-corrected chi connectivity index (χ0v) is 8.99. The number of carboxylic acid groups (broad SMARTS) is 1. The van der Waals surface area contributed by atoms with Crippen molar-refractivity contribution in [3.63, 3.8) is 0 Å². The van der Waals surface area contributed by atoms with E-state index in [9.17, 15) is 22.8 Å². The summed E-state index contributed by atoms with van der Waals surface area (Å²) in [5, 5.41) is 18.9. The van der Waals surface area contributed by atoms with Gasteiger partial charge in [-0.25, -0.2) is 9.59 Å². The molecular weight excluding hydrogens is 245 g/mol. The lowest BCUT2D eigenvalue weighted by Crippen LogP contribution is -2.51. The normalized spacial score (nSPS) is 13.0. The van der Waals surface area contributed by atoms with Crippen LogP contribution in [0.1, 0.15) is 6.92 Å². The summed E-state index contributed by atoms with van der Waals surface area (Å²) in [4.78, 5) is 22.1. The lowest BCUT2D eigenvalue weighted by atomic mass is 10.3. The van der Waals surface area contributed by atoms with Crippen molar-refractivity contribution < 1.29 is 33.0 Å². The summed E-state index contributed by atoms with van der Waals surface area (Å²) in [6.45, 7) is -1.29. The molecule has 0 fully saturated rings. The Balaban J connectivity index is 4.50. The summed E-state index contributed by atoms with van der Waals surface area (Å²) in [7, 11) is 0. The van der Waals surface area contributed by atoms with E-state index in [1.807, 2.05) is 0 Å². The van der Waals surface area contributed by atoms with Crippen LogP contribution in [0.4, 0.5) is 18.0 Å². The van der Waals surface area contributed by atoms with Crippen molar-refractivity contribution in [2.24, 2.45) is 0 Å². The van der Waals surface area contributed by atoms with E-state index in [-0.39, 0.29) is 6.54 Å². The third-order valence-corrected chi connectivity index (χ3v) is 1.82. The Kier molecular flexibility index (Phi) is 5.72. The van der Waals surface area contributed by atoms with Crippen LogP contribution in [0.2, 0.25) is 0 Å². The molecule has 0 aromatic carbocycles. The highest BCUT2D eigenvalue weighted by atomic mass is 19.4. The quantitative estimate of drug-likeness (QED) is 0.648. The maximum Gasteiger partial charge on any atom is 0.406 e. The lowest BCUT2D eigenvalue weighted by Gasteiger charge is -2.24. The molecule has 100 valence electrons. The van der Waals surface area contributed by atoms with Gasteiger partial charge in [-0.05, 0) is 6.92 Å². The number of halogens is 3. The first-order valence-corrected chi connectivity index (χ1v) is 4.67. The van der Waals surface area contributed by atoms with Crippen molar-refractivity contribution >= 4 is 12.0 Å². The third kappa shape index (κ3) is 5.95. The van der Waals surface area contributed by atoms with Crippen LogP contribution >= 0.6 is 0 Å². The standard InChI is InChI=1S/C8H13F3N2O4/c1-2-13(4-8(9,10)11)7(17)12-5(3-14)6(15)16/h5,14H,2-4H2,1H3,(H,12,17)(H,15,16)/t5-/m1/s1. The number of aliphatic hydroxyl groups excluding tert-OH is 1. The summed E-state index contributed by atoms with van der Waals surface area (Å²) < 4.78 is 36.1. The monoisotopic (exact) mass is 258 g/mol. The molecule has 0 unspecified atom stereocenters. The summed E-state index contributed by atoms with van der Waals surface area (Å²) in [5.41, 5.74) is 0. The molecule has 0 bridgehead atoms. The first-order valence-electron chi connectivity index (χ1n) is 4.67. The third-order valence-electron chi connectivity index (χ3n) is 1.82. The molecule has 0 aliphatic rings. The number of carbonyl (C=O) groups excluding carboxylic acids is 1. The minimum Gasteiger partial charge on any atom is -0.480 e. The first kappa shape index (κ1) is 15.5. The number of urea groups is 1. The highest BCUT2D eigenvalue weighted by Crippen LogP contribution is 2.16. The van der Waals surface area contributed by atoms with Crippen LogP contribution < -0.4 is 5.32 Å². The maximum absolute atomic E-state index is 12.0. The van der Waals surface area contributed by atoms with Gasteiger partial charge in [0.25, 0.3) is 0 Å². The van der Waals surface area contributed by atoms with Crippen molar-refractivity contribution in [3.8, 4) is 0 Å². The van der Waals surface area contributed by atoms with E-state index in [1.165, 1.54) is 6.92 Å². The van der Waals surface area contributed by atoms with Gasteiger partial charge in [-0.2, -0.15) is 13.2 Å². The Bertz CT molecular complexity index is 282. The Hall–Kier alpha value is -1.51. The first-order chi connectivity index (χ1) is 7.71. The second-order valence-corrected chi connectivity index (χ2v) is 3.15. The molecule has 1 atom stereocenters. The van der Waals surface area contributed by atoms with Crippen LogP contribution in [-0.4, -0.2) is 59.0 Å². The number of amides is 2. The van der Waals surface area contributed by atoms with Gasteiger partial charge in [0, 0.05) is 6.54 Å². The number of aliphatic hydroxyl groups is 1. The molecule has 2 amide bonds. The van der Waals surface area contributed by atoms with Crippen molar-refractivity contribution in [2.75, 3.05) is 19.7 Å². The van der Waals surface area contributed by atoms with Crippen molar-refractivity contribution in [1.82, 2.24) is 10.2 Å². The number of hydrogen-bond donors (Lipinski definition) is 3. The van der Waals surface area contributed by atoms with Gasteiger partial charge in [0.15, 0.2) is 6.04 Å². The van der Waals surface area contributed by atoms with Crippen molar-refractivity contribution in [2.45, 2.75) is 19.1 Å². The summed E-state index contributed by atoms with van der Waals surface area (Å²) in [6.07, 6.45) is -4.56. The van der Waals surface area contributed by atoms with Crippen LogP contribution in [0.3, 0.4) is 0 Å². The van der Waals surface area contributed by atoms with Crippen LogP contribution in [-0.2, 0) is 4.79 Å². The molecule has 0 saturated carbocycles. The lowest BCUT2D eigenvalue weighted by molar-refractivity contribution is -0.141. The van der Waals surface area contributed by atoms with Gasteiger partial charge in [0.1, 0.15) is 6.54 Å². The average molecular weight is 258 g/mol. The van der Waals surface area contributed by atoms with E-state index in [4.69, 9.17) is 10.2 Å². The van der Waals surface area contributed by atoms with Crippen molar-refractivity contribution in [1.29, 1.82) is 0 Å². The Labute approximate surface area is 95.0 Å². The fourth-order valence-electron chi connectivity index (χ4n) is 0.969. The molecule has 0 aromatic rings. The second kappa shape index (κ2) is 6.28. The molecule has 17 heavy (non-hydrogen) atoms. The predicted octanol–water partition coefficient (Wildman–Crippen LogP) is 0.0257. The summed E-state index contributed by atoms with van der Waals surface area (Å²) >= 11 is 0. The Morgan fingerprint density at radius 1 is 1.41 bits per heavy atom. The smallest absolute Gasteiger partial charge is 0.406 e. The van der Waals surface area contributed by atoms with E-state index in [1.54, 1.807) is 5.32 Å². The van der Waals surface area contributed by atoms with Crippen LogP contribution in [0.5, 0.6) is 0 Å². The molecule has 0 aliphatic carbocycles. The van der Waals surface area contributed by atoms with E-state index in [0.29, 0.717) is 4.90 Å². The van der Waals surface area contributed by atoms with Crippen molar-refractivity contribution in [3.05, 3.63) is 0 Å². The van der Waals surface area contributed by atoms with Crippen LogP contribution in [0, 0.1) is 0 Å². The Morgan fingerprint density at radius 2 is 1.94 bits per heavy atom. The highest BCUT2D eigenvalue weighted by Gasteiger charge is 2.33. The molecule has 9 heteroatoms. The highest BCUT2D eigenvalue weighted by molar-refractivity contribution is 5.82. The summed E-state index contributed by atoms with van der Waals surface area (Å²) in [6, 6.07) is -2.81. The van der Waals surface area contributed by atoms with Gasteiger partial charge in [-0.15, -0.1) is 0 Å². The van der Waals surface area contributed by atoms with E-state index in [0.717, 1.165) is 0 Å². The van der Waals surface area contributed by atoms with Crippen LogP contribution in [0.25, 0.3) is 0 Å². The van der Waals surface area contributed by atoms with Gasteiger partial charge in [-0.1, -0.05) is 0 Å². The minimum atomic E-state index is -4.56. The van der Waals surface area contributed by atoms with Gasteiger partial charge in [-0.3, -0.25) is 0 Å². The van der Waals surface area contributed by atoms with Gasteiger partial charge in [0.05, 0.1) is 6.61 Å². The SMILES string of the molecule is CCN(CC(F)(F)F)C(=O)N[C@H](CO)C(=O)O. The number of nitrogens with zero attached hydrogens (tertiary/aromatic N) is 1. The number of aliphatic carboxylic acids is 1. The van der Waals surface area contributed by atoms with Gasteiger partial charge >= 0.3 is 18.2 Å². The number of hydrogen-bond acceptors (Lipinski definition) is 3. The minimum absolute atomic E-state index is 0.233. The molecule has 0 spiro atoms. The number of nitrogens with one attached hydrogen (secondary N) is 1. The molecule has 0 aliphatic heterocycles. The molecule has 6 nitrogen and oxygen atoms in total. The molecule has 0 saturated heterocycles.